The lowest BCUT2D eigenvalue weighted by atomic mass is 10.1. The fraction of sp³-hybridized carbons (Fsp3) is 0.417. The lowest BCUT2D eigenvalue weighted by Crippen LogP contribution is -2.33. The maximum atomic E-state index is 11.4. The van der Waals surface area contributed by atoms with Crippen LogP contribution in [0, 0.1) is 0 Å². The van der Waals surface area contributed by atoms with Gasteiger partial charge < -0.3 is 25.3 Å². The van der Waals surface area contributed by atoms with E-state index < -0.39 is 6.09 Å². The Morgan fingerprint density at radius 3 is 3.00 bits per heavy atom. The lowest BCUT2D eigenvalue weighted by molar-refractivity contribution is 0.148. The zero-order valence-corrected chi connectivity index (χ0v) is 10.1. The van der Waals surface area contributed by atoms with E-state index in [1.807, 2.05) is 12.1 Å². The van der Waals surface area contributed by atoms with Gasteiger partial charge in [0.05, 0.1) is 12.6 Å². The number of carbonyl (C=O) groups is 1. The summed E-state index contributed by atoms with van der Waals surface area (Å²) >= 11 is 0. The number of amides is 1. The summed E-state index contributed by atoms with van der Waals surface area (Å²) < 4.78 is 15.3. The van der Waals surface area contributed by atoms with Gasteiger partial charge in [-0.15, -0.1) is 0 Å². The molecule has 0 aliphatic carbocycles. The van der Waals surface area contributed by atoms with Crippen molar-refractivity contribution in [3.63, 3.8) is 0 Å². The summed E-state index contributed by atoms with van der Waals surface area (Å²) in [5, 5.41) is 2.69. The van der Waals surface area contributed by atoms with Crippen molar-refractivity contribution >= 4 is 6.09 Å². The van der Waals surface area contributed by atoms with E-state index in [2.05, 4.69) is 5.32 Å². The van der Waals surface area contributed by atoms with Gasteiger partial charge in [-0.05, 0) is 24.6 Å². The Balaban J connectivity index is 2.10. The van der Waals surface area contributed by atoms with E-state index in [1.165, 1.54) is 0 Å². The van der Waals surface area contributed by atoms with Gasteiger partial charge in [-0.2, -0.15) is 0 Å². The molecule has 3 N–H and O–H groups in total. The van der Waals surface area contributed by atoms with E-state index in [9.17, 15) is 4.79 Å². The number of rotatable bonds is 4. The summed E-state index contributed by atoms with van der Waals surface area (Å²) in [6.07, 6.45) is -0.481. The van der Waals surface area contributed by atoms with E-state index in [1.54, 1.807) is 13.0 Å². The molecule has 98 valence electrons. The number of benzene rings is 1. The molecule has 1 aromatic carbocycles. The van der Waals surface area contributed by atoms with Crippen LogP contribution in [0.15, 0.2) is 18.2 Å². The van der Waals surface area contributed by atoms with Crippen LogP contribution in [0.4, 0.5) is 4.79 Å². The van der Waals surface area contributed by atoms with E-state index in [0.29, 0.717) is 18.1 Å². The Hall–Kier alpha value is -1.95. The molecule has 1 aliphatic rings. The first-order chi connectivity index (χ1) is 8.74. The van der Waals surface area contributed by atoms with Crippen molar-refractivity contribution in [2.75, 3.05) is 19.9 Å². The Bertz CT molecular complexity index is 436. The van der Waals surface area contributed by atoms with Gasteiger partial charge in [0, 0.05) is 6.54 Å². The van der Waals surface area contributed by atoms with Crippen molar-refractivity contribution in [3.8, 4) is 11.5 Å². The molecule has 1 unspecified atom stereocenters. The molecule has 1 heterocycles. The predicted octanol–water partition coefficient (Wildman–Crippen LogP) is 1.16. The molecule has 0 fully saturated rings. The molecule has 2 rings (SSSR count). The zero-order valence-electron chi connectivity index (χ0n) is 10.1. The quantitative estimate of drug-likeness (QED) is 0.840. The van der Waals surface area contributed by atoms with Gasteiger partial charge in [-0.3, -0.25) is 0 Å². The van der Waals surface area contributed by atoms with Crippen molar-refractivity contribution in [1.29, 1.82) is 0 Å². The molecule has 6 heteroatoms. The lowest BCUT2D eigenvalue weighted by Gasteiger charge is -2.17. The van der Waals surface area contributed by atoms with Crippen LogP contribution in [0.5, 0.6) is 11.5 Å². The molecule has 0 bridgehead atoms. The number of hydrogen-bond donors (Lipinski definition) is 2. The van der Waals surface area contributed by atoms with Crippen LogP contribution >= 0.6 is 0 Å². The molecule has 1 aromatic rings. The summed E-state index contributed by atoms with van der Waals surface area (Å²) in [7, 11) is 0. The van der Waals surface area contributed by atoms with Crippen LogP contribution in [0.2, 0.25) is 0 Å². The standard InChI is InChI=1S/C12H16N2O4/c1-2-16-12(15)14-9(6-13)8-3-4-10-11(5-8)18-7-17-10/h3-5,9H,2,6-7,13H2,1H3,(H,14,15). The Morgan fingerprint density at radius 1 is 1.50 bits per heavy atom. The Morgan fingerprint density at radius 2 is 2.28 bits per heavy atom. The second-order valence-corrected chi connectivity index (χ2v) is 3.77. The van der Waals surface area contributed by atoms with Crippen molar-refractivity contribution in [1.82, 2.24) is 5.32 Å². The van der Waals surface area contributed by atoms with Gasteiger partial charge in [0.15, 0.2) is 11.5 Å². The fourth-order valence-electron chi connectivity index (χ4n) is 1.72. The maximum Gasteiger partial charge on any atom is 0.407 e. The highest BCUT2D eigenvalue weighted by molar-refractivity contribution is 5.68. The summed E-state index contributed by atoms with van der Waals surface area (Å²) in [4.78, 5) is 11.4. The molecule has 18 heavy (non-hydrogen) atoms. The molecule has 1 aliphatic heterocycles. The first-order valence-corrected chi connectivity index (χ1v) is 5.77. The first-order valence-electron chi connectivity index (χ1n) is 5.77. The van der Waals surface area contributed by atoms with E-state index in [-0.39, 0.29) is 19.4 Å². The topological polar surface area (TPSA) is 82.8 Å². The minimum Gasteiger partial charge on any atom is -0.454 e. The number of carbonyl (C=O) groups excluding carboxylic acids is 1. The van der Waals surface area contributed by atoms with Crippen LogP contribution in [-0.2, 0) is 4.74 Å². The number of nitrogens with one attached hydrogen (secondary N) is 1. The third-order valence-electron chi connectivity index (χ3n) is 2.60. The van der Waals surface area contributed by atoms with Crippen LogP contribution in [0.25, 0.3) is 0 Å². The molecule has 0 saturated carbocycles. The van der Waals surface area contributed by atoms with Crippen LogP contribution in [0.3, 0.4) is 0 Å². The van der Waals surface area contributed by atoms with Gasteiger partial charge in [0.25, 0.3) is 0 Å². The van der Waals surface area contributed by atoms with Crippen LogP contribution in [-0.4, -0.2) is 26.0 Å². The fourth-order valence-corrected chi connectivity index (χ4v) is 1.72. The van der Waals surface area contributed by atoms with Gasteiger partial charge in [0.1, 0.15) is 0 Å². The molecule has 0 aromatic heterocycles. The number of nitrogens with two attached hydrogens (primary N) is 1. The minimum absolute atomic E-state index is 0.220. The van der Waals surface area contributed by atoms with Crippen LogP contribution < -0.4 is 20.5 Å². The smallest absolute Gasteiger partial charge is 0.407 e. The minimum atomic E-state index is -0.481. The average molecular weight is 252 g/mol. The van der Waals surface area contributed by atoms with Gasteiger partial charge in [0.2, 0.25) is 6.79 Å². The number of ether oxygens (including phenoxy) is 3. The van der Waals surface area contributed by atoms with Gasteiger partial charge >= 0.3 is 6.09 Å². The van der Waals surface area contributed by atoms with E-state index >= 15 is 0 Å². The molecular weight excluding hydrogens is 236 g/mol. The highest BCUT2D eigenvalue weighted by Crippen LogP contribution is 2.34. The third kappa shape index (κ3) is 2.65. The SMILES string of the molecule is CCOC(=O)NC(CN)c1ccc2c(c1)OCO2. The normalized spacial score (nSPS) is 14.1. The summed E-state index contributed by atoms with van der Waals surface area (Å²) in [5.74, 6) is 1.36. The molecule has 1 atom stereocenters. The highest BCUT2D eigenvalue weighted by Gasteiger charge is 2.18. The summed E-state index contributed by atoms with van der Waals surface area (Å²) in [6, 6.07) is 5.15. The molecule has 0 saturated heterocycles. The molecule has 0 radical (unpaired) electrons. The number of fused-ring (bicyclic) bond motifs is 1. The largest absolute Gasteiger partial charge is 0.454 e. The third-order valence-corrected chi connectivity index (χ3v) is 2.60. The first kappa shape index (κ1) is 12.5. The van der Waals surface area contributed by atoms with Crippen molar-refractivity contribution in [2.45, 2.75) is 13.0 Å². The number of hydrogen-bond acceptors (Lipinski definition) is 5. The Labute approximate surface area is 105 Å². The van der Waals surface area contributed by atoms with Crippen molar-refractivity contribution < 1.29 is 19.0 Å². The monoisotopic (exact) mass is 252 g/mol. The van der Waals surface area contributed by atoms with Crippen LogP contribution in [0.1, 0.15) is 18.5 Å². The highest BCUT2D eigenvalue weighted by atomic mass is 16.7. The molecule has 6 nitrogen and oxygen atoms in total. The van der Waals surface area contributed by atoms with Crippen molar-refractivity contribution in [2.24, 2.45) is 5.73 Å². The predicted molar refractivity (Wildman–Crippen MR) is 64.5 cm³/mol. The Kier molecular flexibility index (Phi) is 3.88. The second-order valence-electron chi connectivity index (χ2n) is 3.77. The van der Waals surface area contributed by atoms with Crippen molar-refractivity contribution in [3.05, 3.63) is 23.8 Å². The molecule has 0 spiro atoms. The molecule has 1 amide bonds. The summed E-state index contributed by atoms with van der Waals surface area (Å²) in [6.45, 7) is 2.57. The molecular formula is C12H16N2O4. The number of alkyl carbamates (subject to hydrolysis) is 1. The zero-order chi connectivity index (χ0) is 13.0. The van der Waals surface area contributed by atoms with E-state index in [4.69, 9.17) is 19.9 Å². The van der Waals surface area contributed by atoms with Gasteiger partial charge in [-0.25, -0.2) is 4.79 Å². The average Bonchev–Trinajstić information content (AvgIpc) is 2.83. The summed E-state index contributed by atoms with van der Waals surface area (Å²) in [5.41, 5.74) is 6.51. The van der Waals surface area contributed by atoms with E-state index in [0.717, 1.165) is 5.56 Å². The van der Waals surface area contributed by atoms with Gasteiger partial charge in [-0.1, -0.05) is 6.07 Å². The maximum absolute atomic E-state index is 11.4. The second kappa shape index (κ2) is 5.59.